The third-order valence-corrected chi connectivity index (χ3v) is 3.13. The summed E-state index contributed by atoms with van der Waals surface area (Å²) in [6.07, 6.45) is 2.30. The molecular formula is C11H16N6O. The molecule has 3 heterocycles. The van der Waals surface area contributed by atoms with Crippen molar-refractivity contribution in [3.05, 3.63) is 12.2 Å². The first-order valence-electron chi connectivity index (χ1n) is 6.08. The highest BCUT2D eigenvalue weighted by Crippen LogP contribution is 2.13. The van der Waals surface area contributed by atoms with Crippen LogP contribution in [0.15, 0.2) is 6.33 Å². The van der Waals surface area contributed by atoms with Crippen LogP contribution in [-0.4, -0.2) is 57.7 Å². The molecule has 2 aromatic heterocycles. The number of aromatic nitrogens is 4. The predicted octanol–water partition coefficient (Wildman–Crippen LogP) is -0.190. The summed E-state index contributed by atoms with van der Waals surface area (Å²) in [4.78, 5) is 18.0. The van der Waals surface area contributed by atoms with Gasteiger partial charge < -0.3 is 15.5 Å². The highest BCUT2D eigenvalue weighted by atomic mass is 16.5. The second-order valence-electron chi connectivity index (χ2n) is 4.34. The Labute approximate surface area is 104 Å². The van der Waals surface area contributed by atoms with Gasteiger partial charge in [-0.1, -0.05) is 0 Å². The molecule has 1 fully saturated rings. The molecule has 1 aliphatic rings. The van der Waals surface area contributed by atoms with E-state index in [1.165, 1.54) is 6.33 Å². The molecule has 0 radical (unpaired) electrons. The third-order valence-electron chi connectivity index (χ3n) is 3.13. The smallest absolute Gasteiger partial charge is 0.162 e. The standard InChI is InChI=1S/C11H16N6O/c12-10-9-11(14-7-13-10)16-8(15-9)1-2-17-3-5-18-6-4-17/h7H,1-6H2,(H3,12,13,14,15,16). The van der Waals surface area contributed by atoms with Gasteiger partial charge in [0.2, 0.25) is 0 Å². The van der Waals surface area contributed by atoms with E-state index in [1.54, 1.807) is 0 Å². The van der Waals surface area contributed by atoms with E-state index in [4.69, 9.17) is 10.5 Å². The summed E-state index contributed by atoms with van der Waals surface area (Å²) in [5.74, 6) is 1.33. The molecule has 0 aliphatic carbocycles. The topological polar surface area (TPSA) is 93.0 Å². The normalized spacial score (nSPS) is 17.3. The zero-order chi connectivity index (χ0) is 12.4. The zero-order valence-corrected chi connectivity index (χ0v) is 10.1. The highest BCUT2D eigenvalue weighted by Gasteiger charge is 2.12. The SMILES string of the molecule is Nc1ncnc2[nH]c(CCN3CCOCC3)nc12. The Morgan fingerprint density at radius 1 is 1.33 bits per heavy atom. The van der Waals surface area contributed by atoms with Crippen LogP contribution in [0.3, 0.4) is 0 Å². The fourth-order valence-electron chi connectivity index (χ4n) is 2.10. The third kappa shape index (κ3) is 2.27. The Bertz CT molecular complexity index is 533. The van der Waals surface area contributed by atoms with Gasteiger partial charge in [0.05, 0.1) is 13.2 Å². The van der Waals surface area contributed by atoms with Crippen LogP contribution in [0, 0.1) is 0 Å². The molecular weight excluding hydrogens is 232 g/mol. The number of nitrogens with two attached hydrogens (primary N) is 1. The summed E-state index contributed by atoms with van der Waals surface area (Å²) in [5.41, 5.74) is 7.12. The number of nitrogens with one attached hydrogen (secondary N) is 1. The average Bonchev–Trinajstić information content (AvgIpc) is 2.82. The summed E-state index contributed by atoms with van der Waals surface area (Å²) < 4.78 is 5.32. The first-order valence-corrected chi connectivity index (χ1v) is 6.08. The lowest BCUT2D eigenvalue weighted by Crippen LogP contribution is -2.37. The quantitative estimate of drug-likeness (QED) is 0.782. The van der Waals surface area contributed by atoms with E-state index in [-0.39, 0.29) is 0 Å². The minimum atomic E-state index is 0.425. The van der Waals surface area contributed by atoms with Crippen LogP contribution in [-0.2, 0) is 11.2 Å². The van der Waals surface area contributed by atoms with Gasteiger partial charge in [-0.2, -0.15) is 0 Å². The number of H-pyrrole nitrogens is 1. The largest absolute Gasteiger partial charge is 0.382 e. The summed E-state index contributed by atoms with van der Waals surface area (Å²) in [7, 11) is 0. The molecule has 0 spiro atoms. The first kappa shape index (κ1) is 11.4. The Kier molecular flexibility index (Phi) is 3.07. The lowest BCUT2D eigenvalue weighted by Gasteiger charge is -2.25. The number of nitrogen functional groups attached to an aromatic ring is 1. The van der Waals surface area contributed by atoms with Gasteiger partial charge in [-0.15, -0.1) is 0 Å². The molecule has 7 nitrogen and oxygen atoms in total. The molecule has 2 aromatic rings. The van der Waals surface area contributed by atoms with Gasteiger partial charge in [-0.25, -0.2) is 15.0 Å². The van der Waals surface area contributed by atoms with Crippen molar-refractivity contribution in [2.24, 2.45) is 0 Å². The van der Waals surface area contributed by atoms with Gasteiger partial charge in [0.1, 0.15) is 17.7 Å². The molecule has 0 unspecified atom stereocenters. The summed E-state index contributed by atoms with van der Waals surface area (Å²) in [5, 5.41) is 0. The zero-order valence-electron chi connectivity index (χ0n) is 10.1. The number of imidazole rings is 1. The van der Waals surface area contributed by atoms with Crippen molar-refractivity contribution in [3.8, 4) is 0 Å². The second-order valence-corrected chi connectivity index (χ2v) is 4.34. The Balaban J connectivity index is 1.69. The minimum absolute atomic E-state index is 0.425. The van der Waals surface area contributed by atoms with Gasteiger partial charge in [-0.05, 0) is 0 Å². The van der Waals surface area contributed by atoms with Crippen LogP contribution in [0.2, 0.25) is 0 Å². The number of rotatable bonds is 3. The van der Waals surface area contributed by atoms with E-state index >= 15 is 0 Å². The maximum Gasteiger partial charge on any atom is 0.162 e. The Morgan fingerprint density at radius 3 is 2.94 bits per heavy atom. The monoisotopic (exact) mass is 248 g/mol. The molecule has 96 valence electrons. The summed E-state index contributed by atoms with van der Waals surface area (Å²) in [6, 6.07) is 0. The minimum Gasteiger partial charge on any atom is -0.382 e. The molecule has 0 saturated carbocycles. The first-order chi connectivity index (χ1) is 8.83. The van der Waals surface area contributed by atoms with Crippen molar-refractivity contribution in [2.45, 2.75) is 6.42 Å². The molecule has 0 amide bonds. The Morgan fingerprint density at radius 2 is 2.17 bits per heavy atom. The molecule has 0 bridgehead atoms. The van der Waals surface area contributed by atoms with E-state index in [0.29, 0.717) is 17.0 Å². The van der Waals surface area contributed by atoms with Crippen LogP contribution in [0.4, 0.5) is 5.82 Å². The number of nitrogens with zero attached hydrogens (tertiary/aromatic N) is 4. The van der Waals surface area contributed by atoms with E-state index in [1.807, 2.05) is 0 Å². The molecule has 3 rings (SSSR count). The maximum atomic E-state index is 5.75. The van der Waals surface area contributed by atoms with Crippen LogP contribution in [0.5, 0.6) is 0 Å². The molecule has 18 heavy (non-hydrogen) atoms. The van der Waals surface area contributed by atoms with Gasteiger partial charge in [0, 0.05) is 26.1 Å². The van der Waals surface area contributed by atoms with Gasteiger partial charge in [0.15, 0.2) is 11.5 Å². The second kappa shape index (κ2) is 4.87. The van der Waals surface area contributed by atoms with Crippen molar-refractivity contribution in [3.63, 3.8) is 0 Å². The van der Waals surface area contributed by atoms with Crippen molar-refractivity contribution >= 4 is 17.0 Å². The van der Waals surface area contributed by atoms with E-state index in [2.05, 4.69) is 24.8 Å². The fourth-order valence-corrected chi connectivity index (χ4v) is 2.10. The van der Waals surface area contributed by atoms with E-state index in [0.717, 1.165) is 45.1 Å². The van der Waals surface area contributed by atoms with Crippen molar-refractivity contribution < 1.29 is 4.74 Å². The van der Waals surface area contributed by atoms with Gasteiger partial charge in [-0.3, -0.25) is 4.90 Å². The molecule has 1 aliphatic heterocycles. The van der Waals surface area contributed by atoms with Crippen molar-refractivity contribution in [2.75, 3.05) is 38.6 Å². The van der Waals surface area contributed by atoms with Gasteiger partial charge >= 0.3 is 0 Å². The number of morpholine rings is 1. The summed E-state index contributed by atoms with van der Waals surface area (Å²) >= 11 is 0. The number of aromatic amines is 1. The molecule has 3 N–H and O–H groups in total. The highest BCUT2D eigenvalue weighted by molar-refractivity contribution is 5.80. The summed E-state index contributed by atoms with van der Waals surface area (Å²) in [6.45, 7) is 4.58. The number of hydrogen-bond acceptors (Lipinski definition) is 6. The van der Waals surface area contributed by atoms with Crippen LogP contribution < -0.4 is 5.73 Å². The van der Waals surface area contributed by atoms with E-state index < -0.39 is 0 Å². The molecule has 0 aromatic carbocycles. The Hall–Kier alpha value is -1.73. The molecule has 0 atom stereocenters. The average molecular weight is 248 g/mol. The number of hydrogen-bond donors (Lipinski definition) is 2. The van der Waals surface area contributed by atoms with Crippen LogP contribution in [0.25, 0.3) is 11.2 Å². The van der Waals surface area contributed by atoms with Crippen molar-refractivity contribution in [1.82, 2.24) is 24.8 Å². The molecule has 7 heteroatoms. The predicted molar refractivity (Wildman–Crippen MR) is 67.1 cm³/mol. The lowest BCUT2D eigenvalue weighted by atomic mass is 10.3. The van der Waals surface area contributed by atoms with Crippen LogP contribution in [0.1, 0.15) is 5.82 Å². The number of anilines is 1. The van der Waals surface area contributed by atoms with Crippen LogP contribution >= 0.6 is 0 Å². The van der Waals surface area contributed by atoms with E-state index in [9.17, 15) is 0 Å². The van der Waals surface area contributed by atoms with Crippen molar-refractivity contribution in [1.29, 1.82) is 0 Å². The van der Waals surface area contributed by atoms with Gasteiger partial charge in [0.25, 0.3) is 0 Å². The maximum absolute atomic E-state index is 5.75. The lowest BCUT2D eigenvalue weighted by molar-refractivity contribution is 0.0382. The fraction of sp³-hybridized carbons (Fsp3) is 0.545. The number of ether oxygens (including phenoxy) is 1. The number of fused-ring (bicyclic) bond motifs is 1. The molecule has 1 saturated heterocycles.